The van der Waals surface area contributed by atoms with Crippen LogP contribution < -0.4 is 5.32 Å². The standard InChI is InChI=1S/C27H21Cl3FN3O4S/c1-14(39(36)37)16-4-2-15(3-5-16)10-23(35)32-18-12-21(29)24(22(30)13-18)27(8-9-27)26-33-25(38-34-26)19-7-6-17(31)11-20(19)28/h2-7,11-14H,8-10H2,1H3,(H,32,35)(H,36,37). The molecule has 1 saturated carbocycles. The van der Waals surface area contributed by atoms with E-state index in [1.165, 1.54) is 18.2 Å². The monoisotopic (exact) mass is 607 g/mol. The van der Waals surface area contributed by atoms with Crippen molar-refractivity contribution in [2.24, 2.45) is 0 Å². The summed E-state index contributed by atoms with van der Waals surface area (Å²) in [4.78, 5) is 17.2. The Kier molecular flexibility index (Phi) is 7.81. The van der Waals surface area contributed by atoms with E-state index in [4.69, 9.17) is 39.3 Å². The molecule has 202 valence electrons. The maximum atomic E-state index is 13.4. The third-order valence-electron chi connectivity index (χ3n) is 6.69. The Morgan fingerprint density at radius 2 is 1.77 bits per heavy atom. The van der Waals surface area contributed by atoms with Gasteiger partial charge in [-0.2, -0.15) is 4.98 Å². The maximum absolute atomic E-state index is 13.4. The molecule has 5 rings (SSSR count). The molecule has 1 heterocycles. The minimum atomic E-state index is -1.97. The number of anilines is 1. The Bertz CT molecular complexity index is 1570. The smallest absolute Gasteiger partial charge is 0.259 e. The van der Waals surface area contributed by atoms with Gasteiger partial charge >= 0.3 is 0 Å². The van der Waals surface area contributed by atoms with Crippen molar-refractivity contribution < 1.29 is 22.5 Å². The first-order valence-corrected chi connectivity index (χ1v) is 14.2. The van der Waals surface area contributed by atoms with Crippen LogP contribution in [0.15, 0.2) is 59.1 Å². The van der Waals surface area contributed by atoms with Gasteiger partial charge in [0.25, 0.3) is 5.89 Å². The Balaban J connectivity index is 1.32. The molecule has 0 bridgehead atoms. The predicted molar refractivity (Wildman–Crippen MR) is 149 cm³/mol. The largest absolute Gasteiger partial charge is 0.334 e. The number of nitrogens with zero attached hydrogens (tertiary/aromatic N) is 2. The Morgan fingerprint density at radius 3 is 2.36 bits per heavy atom. The highest BCUT2D eigenvalue weighted by Gasteiger charge is 2.52. The number of amides is 1. The molecule has 1 fully saturated rings. The average Bonchev–Trinajstić information content (AvgIpc) is 3.50. The molecule has 2 N–H and O–H groups in total. The van der Waals surface area contributed by atoms with E-state index in [-0.39, 0.29) is 23.2 Å². The Labute approximate surface area is 241 Å². The number of carbonyl (C=O) groups is 1. The van der Waals surface area contributed by atoms with Gasteiger partial charge in [0.2, 0.25) is 5.91 Å². The molecule has 1 amide bonds. The molecule has 2 atom stereocenters. The highest BCUT2D eigenvalue weighted by atomic mass is 35.5. The molecule has 12 heteroatoms. The molecule has 0 aliphatic heterocycles. The van der Waals surface area contributed by atoms with Crippen molar-refractivity contribution in [3.05, 3.63) is 98.0 Å². The van der Waals surface area contributed by atoms with E-state index in [1.54, 1.807) is 43.3 Å². The van der Waals surface area contributed by atoms with Gasteiger partial charge in [0.05, 0.1) is 27.7 Å². The van der Waals surface area contributed by atoms with Crippen LogP contribution in [0.4, 0.5) is 10.1 Å². The van der Waals surface area contributed by atoms with Crippen LogP contribution >= 0.6 is 34.8 Å². The van der Waals surface area contributed by atoms with Gasteiger partial charge in [0.15, 0.2) is 16.9 Å². The van der Waals surface area contributed by atoms with E-state index in [1.807, 2.05) is 0 Å². The van der Waals surface area contributed by atoms with Gasteiger partial charge in [-0.15, -0.1) is 0 Å². The SMILES string of the molecule is CC(c1ccc(CC(=O)Nc2cc(Cl)c(C3(c4noc(-c5ccc(F)cc5Cl)n4)CC3)c(Cl)c2)cc1)S(=O)O. The van der Waals surface area contributed by atoms with Gasteiger partial charge in [-0.3, -0.25) is 4.79 Å². The minimum Gasteiger partial charge on any atom is -0.334 e. The van der Waals surface area contributed by atoms with Crippen LogP contribution in [0.5, 0.6) is 0 Å². The van der Waals surface area contributed by atoms with Gasteiger partial charge in [-0.05, 0) is 61.2 Å². The van der Waals surface area contributed by atoms with Gasteiger partial charge < -0.3 is 14.4 Å². The molecule has 4 aromatic rings. The van der Waals surface area contributed by atoms with E-state index in [2.05, 4.69) is 15.5 Å². The zero-order chi connectivity index (χ0) is 27.9. The molecule has 1 aliphatic rings. The van der Waals surface area contributed by atoms with E-state index in [0.29, 0.717) is 51.1 Å². The summed E-state index contributed by atoms with van der Waals surface area (Å²) in [6.07, 6.45) is 1.47. The van der Waals surface area contributed by atoms with Gasteiger partial charge in [0, 0.05) is 21.3 Å². The normalized spacial score (nSPS) is 15.5. The average molecular weight is 609 g/mol. The van der Waals surface area contributed by atoms with Gasteiger partial charge in [-0.1, -0.05) is 64.2 Å². The first-order valence-electron chi connectivity index (χ1n) is 11.8. The fourth-order valence-electron chi connectivity index (χ4n) is 4.42. The molecule has 39 heavy (non-hydrogen) atoms. The fourth-order valence-corrected chi connectivity index (χ4v) is 5.90. The predicted octanol–water partition coefficient (Wildman–Crippen LogP) is 7.38. The van der Waals surface area contributed by atoms with Crippen molar-refractivity contribution in [1.82, 2.24) is 10.1 Å². The number of nitrogens with one attached hydrogen (secondary N) is 1. The zero-order valence-corrected chi connectivity index (χ0v) is 23.5. The highest BCUT2D eigenvalue weighted by Crippen LogP contribution is 2.57. The van der Waals surface area contributed by atoms with Crippen LogP contribution in [-0.2, 0) is 27.7 Å². The molecule has 0 saturated heterocycles. The van der Waals surface area contributed by atoms with E-state index >= 15 is 0 Å². The number of hydrogen-bond acceptors (Lipinski definition) is 5. The van der Waals surface area contributed by atoms with Crippen molar-refractivity contribution in [1.29, 1.82) is 0 Å². The summed E-state index contributed by atoms with van der Waals surface area (Å²) in [6.45, 7) is 1.65. The number of benzene rings is 3. The van der Waals surface area contributed by atoms with Crippen LogP contribution in [0.3, 0.4) is 0 Å². The van der Waals surface area contributed by atoms with E-state index < -0.39 is 27.6 Å². The lowest BCUT2D eigenvalue weighted by molar-refractivity contribution is -0.115. The molecule has 1 aromatic heterocycles. The van der Waals surface area contributed by atoms with Crippen LogP contribution in [0.2, 0.25) is 15.1 Å². The summed E-state index contributed by atoms with van der Waals surface area (Å²) in [5.41, 5.74) is 2.28. The van der Waals surface area contributed by atoms with Crippen molar-refractivity contribution in [3.63, 3.8) is 0 Å². The summed E-state index contributed by atoms with van der Waals surface area (Å²) in [5, 5.41) is 7.26. The summed E-state index contributed by atoms with van der Waals surface area (Å²) >= 11 is 17.5. The van der Waals surface area contributed by atoms with Crippen molar-refractivity contribution in [3.8, 4) is 11.5 Å². The number of rotatable bonds is 8. The fraction of sp³-hybridized carbons (Fsp3) is 0.222. The lowest BCUT2D eigenvalue weighted by atomic mass is 9.94. The Morgan fingerprint density at radius 1 is 1.10 bits per heavy atom. The molecule has 1 aliphatic carbocycles. The molecule has 7 nitrogen and oxygen atoms in total. The van der Waals surface area contributed by atoms with Crippen molar-refractivity contribution >= 4 is 57.5 Å². The third kappa shape index (κ3) is 5.73. The van der Waals surface area contributed by atoms with Crippen molar-refractivity contribution in [2.75, 3.05) is 5.32 Å². The summed E-state index contributed by atoms with van der Waals surface area (Å²) < 4.78 is 39.4. The summed E-state index contributed by atoms with van der Waals surface area (Å²) in [5.74, 6) is -0.204. The summed E-state index contributed by atoms with van der Waals surface area (Å²) in [7, 11) is 0. The van der Waals surface area contributed by atoms with Crippen LogP contribution in [-0.4, -0.2) is 24.8 Å². The highest BCUT2D eigenvalue weighted by molar-refractivity contribution is 7.79. The number of halogens is 4. The zero-order valence-electron chi connectivity index (χ0n) is 20.4. The van der Waals surface area contributed by atoms with Gasteiger partial charge in [0.1, 0.15) is 5.82 Å². The van der Waals surface area contributed by atoms with Gasteiger partial charge in [-0.25, -0.2) is 8.60 Å². The maximum Gasteiger partial charge on any atom is 0.259 e. The molecular formula is C27H21Cl3FN3O4S. The topological polar surface area (TPSA) is 105 Å². The van der Waals surface area contributed by atoms with Crippen LogP contribution in [0, 0.1) is 5.82 Å². The molecule has 0 radical (unpaired) electrons. The minimum absolute atomic E-state index is 0.0926. The third-order valence-corrected chi connectivity index (χ3v) is 8.47. The second-order valence-electron chi connectivity index (χ2n) is 9.33. The second kappa shape index (κ2) is 11.0. The lowest BCUT2D eigenvalue weighted by Crippen LogP contribution is -2.16. The molecule has 3 aromatic carbocycles. The first kappa shape index (κ1) is 27.7. The number of aromatic nitrogens is 2. The lowest BCUT2D eigenvalue weighted by Gasteiger charge is -2.17. The quantitative estimate of drug-likeness (QED) is 0.202. The van der Waals surface area contributed by atoms with Crippen LogP contribution in [0.25, 0.3) is 11.5 Å². The van der Waals surface area contributed by atoms with Crippen LogP contribution in [0.1, 0.15) is 47.5 Å². The first-order chi connectivity index (χ1) is 18.6. The number of carbonyl (C=O) groups excluding carboxylic acids is 1. The molecular weight excluding hydrogens is 588 g/mol. The molecule has 0 spiro atoms. The van der Waals surface area contributed by atoms with Crippen molar-refractivity contribution in [2.45, 2.75) is 36.9 Å². The molecule has 2 unspecified atom stereocenters. The second-order valence-corrected chi connectivity index (χ2v) is 11.8. The van der Waals surface area contributed by atoms with E-state index in [9.17, 15) is 17.9 Å². The summed E-state index contributed by atoms with van der Waals surface area (Å²) in [6, 6.07) is 14.1. The van der Waals surface area contributed by atoms with E-state index in [0.717, 1.165) is 5.56 Å². The number of hydrogen-bond donors (Lipinski definition) is 2. The Hall–Kier alpha value is -2.82.